The average Bonchev–Trinajstić information content (AvgIpc) is 2.72. The Hall–Kier alpha value is -1.86. The fraction of sp³-hybridized carbons (Fsp3) is 0.700. The van der Waals surface area contributed by atoms with Gasteiger partial charge in [-0.25, -0.2) is 9.98 Å². The Labute approximate surface area is 164 Å². The molecule has 1 aliphatic heterocycles. The molecule has 152 valence electrons. The van der Waals surface area contributed by atoms with Gasteiger partial charge in [0.05, 0.1) is 6.54 Å². The van der Waals surface area contributed by atoms with Crippen LogP contribution >= 0.6 is 0 Å². The molecule has 1 aliphatic rings. The van der Waals surface area contributed by atoms with Gasteiger partial charge in [-0.05, 0) is 44.5 Å². The third-order valence-corrected chi connectivity index (χ3v) is 4.68. The summed E-state index contributed by atoms with van der Waals surface area (Å²) in [6, 6.07) is 4.22. The van der Waals surface area contributed by atoms with Crippen molar-refractivity contribution in [2.24, 2.45) is 4.99 Å². The van der Waals surface area contributed by atoms with Gasteiger partial charge in [0.2, 0.25) is 0 Å². The minimum absolute atomic E-state index is 0.644. The third-order valence-electron chi connectivity index (χ3n) is 4.68. The van der Waals surface area contributed by atoms with E-state index in [0.29, 0.717) is 6.54 Å². The fourth-order valence-corrected chi connectivity index (χ4v) is 3.06. The Morgan fingerprint density at radius 1 is 1.19 bits per heavy atom. The number of rotatable bonds is 10. The van der Waals surface area contributed by atoms with Gasteiger partial charge in [0, 0.05) is 58.7 Å². The number of likely N-dealkylation sites (N-methyl/N-ethyl adjacent to an activating group) is 1. The molecular weight excluding hydrogens is 340 g/mol. The second-order valence-corrected chi connectivity index (χ2v) is 6.62. The highest BCUT2D eigenvalue weighted by atomic mass is 16.5. The molecule has 0 amide bonds. The van der Waals surface area contributed by atoms with Crippen molar-refractivity contribution in [3.05, 3.63) is 23.9 Å². The maximum atomic E-state index is 5.37. The van der Waals surface area contributed by atoms with E-state index >= 15 is 0 Å². The van der Waals surface area contributed by atoms with Crippen LogP contribution in [-0.4, -0.2) is 74.9 Å². The molecule has 0 bridgehead atoms. The van der Waals surface area contributed by atoms with Crippen LogP contribution in [0.3, 0.4) is 0 Å². The summed E-state index contributed by atoms with van der Waals surface area (Å²) in [4.78, 5) is 14.1. The second kappa shape index (κ2) is 12.5. The largest absolute Gasteiger partial charge is 0.382 e. The van der Waals surface area contributed by atoms with Crippen LogP contribution in [-0.2, 0) is 11.3 Å². The molecule has 1 aromatic rings. The Bertz CT molecular complexity index is 557. The fourth-order valence-electron chi connectivity index (χ4n) is 3.06. The van der Waals surface area contributed by atoms with Crippen LogP contribution in [0.15, 0.2) is 23.3 Å². The Morgan fingerprint density at radius 2 is 2.00 bits per heavy atom. The molecule has 2 N–H and O–H groups in total. The number of hydrogen-bond acceptors (Lipinski definition) is 5. The predicted molar refractivity (Wildman–Crippen MR) is 112 cm³/mol. The van der Waals surface area contributed by atoms with E-state index in [9.17, 15) is 0 Å². The molecule has 0 atom stereocenters. The van der Waals surface area contributed by atoms with Crippen molar-refractivity contribution in [2.75, 3.05) is 63.9 Å². The lowest BCUT2D eigenvalue weighted by Crippen LogP contribution is -2.46. The van der Waals surface area contributed by atoms with Gasteiger partial charge in [-0.1, -0.05) is 6.92 Å². The van der Waals surface area contributed by atoms with Crippen LogP contribution in [0.4, 0.5) is 5.82 Å². The topological polar surface area (TPSA) is 65.0 Å². The summed E-state index contributed by atoms with van der Waals surface area (Å²) in [5.41, 5.74) is 1.18. The summed E-state index contributed by atoms with van der Waals surface area (Å²) in [7, 11) is 0. The van der Waals surface area contributed by atoms with Crippen LogP contribution in [0.5, 0.6) is 0 Å². The number of hydrogen-bond donors (Lipinski definition) is 2. The van der Waals surface area contributed by atoms with E-state index in [2.05, 4.69) is 45.3 Å². The number of piperazine rings is 1. The Balaban J connectivity index is 1.88. The Kier molecular flexibility index (Phi) is 9.94. The van der Waals surface area contributed by atoms with E-state index in [1.807, 2.05) is 19.2 Å². The van der Waals surface area contributed by atoms with Crippen molar-refractivity contribution >= 4 is 11.8 Å². The minimum atomic E-state index is 0.644. The number of nitrogens with one attached hydrogen (secondary N) is 2. The van der Waals surface area contributed by atoms with E-state index in [4.69, 9.17) is 9.73 Å². The summed E-state index contributed by atoms with van der Waals surface area (Å²) in [6.07, 6.45) is 2.87. The molecule has 27 heavy (non-hydrogen) atoms. The zero-order valence-corrected chi connectivity index (χ0v) is 17.2. The van der Waals surface area contributed by atoms with Crippen LogP contribution in [0.2, 0.25) is 0 Å². The second-order valence-electron chi connectivity index (χ2n) is 6.62. The van der Waals surface area contributed by atoms with E-state index in [1.165, 1.54) is 5.56 Å². The van der Waals surface area contributed by atoms with Crippen molar-refractivity contribution in [1.29, 1.82) is 0 Å². The van der Waals surface area contributed by atoms with E-state index in [-0.39, 0.29) is 0 Å². The molecule has 7 nitrogen and oxygen atoms in total. The maximum absolute atomic E-state index is 5.37. The molecule has 2 heterocycles. The summed E-state index contributed by atoms with van der Waals surface area (Å²) >= 11 is 0. The summed E-state index contributed by atoms with van der Waals surface area (Å²) in [5, 5.41) is 6.67. The molecule has 0 radical (unpaired) electrons. The highest BCUT2D eigenvalue weighted by Gasteiger charge is 2.16. The molecule has 0 aromatic carbocycles. The van der Waals surface area contributed by atoms with Gasteiger partial charge >= 0.3 is 0 Å². The van der Waals surface area contributed by atoms with Gasteiger partial charge < -0.3 is 25.2 Å². The number of aliphatic imine (C=N–C) groups is 1. The van der Waals surface area contributed by atoms with Crippen molar-refractivity contribution < 1.29 is 4.74 Å². The van der Waals surface area contributed by atoms with Crippen LogP contribution < -0.4 is 15.5 Å². The number of anilines is 1. The Morgan fingerprint density at radius 3 is 2.70 bits per heavy atom. The molecular formula is C20H36N6O. The number of ether oxygens (including phenoxy) is 1. The van der Waals surface area contributed by atoms with E-state index < -0.39 is 0 Å². The number of guanidine groups is 1. The molecule has 0 aliphatic carbocycles. The van der Waals surface area contributed by atoms with Gasteiger partial charge in [-0.15, -0.1) is 0 Å². The number of aromatic nitrogens is 1. The lowest BCUT2D eigenvalue weighted by atomic mass is 10.2. The maximum Gasteiger partial charge on any atom is 0.191 e. The molecule has 1 aromatic heterocycles. The first-order valence-corrected chi connectivity index (χ1v) is 10.3. The first kappa shape index (κ1) is 21.4. The third kappa shape index (κ3) is 7.72. The first-order chi connectivity index (χ1) is 13.3. The number of nitrogens with zero attached hydrogens (tertiary/aromatic N) is 4. The summed E-state index contributed by atoms with van der Waals surface area (Å²) < 4.78 is 5.37. The smallest absolute Gasteiger partial charge is 0.191 e. The van der Waals surface area contributed by atoms with Crippen molar-refractivity contribution in [3.8, 4) is 0 Å². The zero-order valence-electron chi connectivity index (χ0n) is 17.2. The van der Waals surface area contributed by atoms with Gasteiger partial charge in [-0.3, -0.25) is 0 Å². The highest BCUT2D eigenvalue weighted by molar-refractivity contribution is 5.79. The molecule has 1 fully saturated rings. The standard InChI is InChI=1S/C20H36N6O/c1-4-21-20(23-9-7-15-27-6-3)24-17-18-8-10-22-19(16-18)26-13-11-25(5-2)12-14-26/h8,10,16H,4-7,9,11-15,17H2,1-3H3,(H2,21,23,24). The first-order valence-electron chi connectivity index (χ1n) is 10.3. The molecule has 0 unspecified atom stereocenters. The molecule has 2 rings (SSSR count). The average molecular weight is 377 g/mol. The quantitative estimate of drug-likeness (QED) is 0.368. The van der Waals surface area contributed by atoms with Gasteiger partial charge in [-0.2, -0.15) is 0 Å². The molecule has 0 spiro atoms. The van der Waals surface area contributed by atoms with E-state index in [0.717, 1.165) is 77.2 Å². The van der Waals surface area contributed by atoms with Crippen LogP contribution in [0.1, 0.15) is 32.8 Å². The lowest BCUT2D eigenvalue weighted by molar-refractivity contribution is 0.145. The normalized spacial score (nSPS) is 15.8. The van der Waals surface area contributed by atoms with Gasteiger partial charge in [0.15, 0.2) is 5.96 Å². The zero-order chi connectivity index (χ0) is 19.3. The molecule has 7 heteroatoms. The van der Waals surface area contributed by atoms with Crippen molar-refractivity contribution in [2.45, 2.75) is 33.7 Å². The van der Waals surface area contributed by atoms with E-state index in [1.54, 1.807) is 0 Å². The van der Waals surface area contributed by atoms with Crippen molar-refractivity contribution in [3.63, 3.8) is 0 Å². The van der Waals surface area contributed by atoms with Crippen LogP contribution in [0.25, 0.3) is 0 Å². The predicted octanol–water partition coefficient (Wildman–Crippen LogP) is 1.71. The van der Waals surface area contributed by atoms with Crippen LogP contribution in [0, 0.1) is 0 Å². The van der Waals surface area contributed by atoms with Gasteiger partial charge in [0.1, 0.15) is 5.82 Å². The highest BCUT2D eigenvalue weighted by Crippen LogP contribution is 2.15. The van der Waals surface area contributed by atoms with Gasteiger partial charge in [0.25, 0.3) is 0 Å². The summed E-state index contributed by atoms with van der Waals surface area (Å²) in [6.45, 7) is 15.6. The SMILES string of the molecule is CCNC(=NCc1ccnc(N2CCN(CC)CC2)c1)NCCCOCC. The summed E-state index contributed by atoms with van der Waals surface area (Å²) in [5.74, 6) is 1.91. The molecule has 1 saturated heterocycles. The van der Waals surface area contributed by atoms with Crippen molar-refractivity contribution in [1.82, 2.24) is 20.5 Å². The monoisotopic (exact) mass is 376 g/mol. The minimum Gasteiger partial charge on any atom is -0.382 e. The molecule has 0 saturated carbocycles. The number of pyridine rings is 1. The lowest BCUT2D eigenvalue weighted by Gasteiger charge is -2.34.